The molecule has 0 aromatic rings. The van der Waals surface area contributed by atoms with Crippen LogP contribution in [-0.4, -0.2) is 37.2 Å². The van der Waals surface area contributed by atoms with E-state index in [9.17, 15) is 14.4 Å². The molecule has 0 aliphatic carbocycles. The van der Waals surface area contributed by atoms with Crippen LogP contribution in [0.3, 0.4) is 0 Å². The molecule has 0 amide bonds. The second-order valence-corrected chi connectivity index (χ2v) is 22.7. The molecule has 0 N–H and O–H groups in total. The van der Waals surface area contributed by atoms with Crippen LogP contribution < -0.4 is 0 Å². The maximum absolute atomic E-state index is 12.9. The summed E-state index contributed by atoms with van der Waals surface area (Å²) in [6.07, 6.45) is 91.5. The van der Waals surface area contributed by atoms with Gasteiger partial charge in [0.15, 0.2) is 6.10 Å². The molecule has 0 saturated heterocycles. The van der Waals surface area contributed by atoms with E-state index in [1.165, 1.54) is 161 Å². The van der Waals surface area contributed by atoms with Gasteiger partial charge in [0.1, 0.15) is 13.2 Å². The lowest BCUT2D eigenvalue weighted by atomic mass is 10.0. The summed E-state index contributed by atoms with van der Waals surface area (Å²) < 4.78 is 16.9. The van der Waals surface area contributed by atoms with Crippen molar-refractivity contribution < 1.29 is 28.6 Å². The quantitative estimate of drug-likeness (QED) is 0.0261. The van der Waals surface area contributed by atoms with Crippen LogP contribution in [0.15, 0.2) is 97.2 Å². The van der Waals surface area contributed by atoms with Crippen molar-refractivity contribution in [3.63, 3.8) is 0 Å². The van der Waals surface area contributed by atoms with Gasteiger partial charge in [0.05, 0.1) is 0 Å². The van der Waals surface area contributed by atoms with Crippen LogP contribution in [0.4, 0.5) is 0 Å². The standard InChI is InChI=1S/C74H128O6/c1-4-7-10-13-16-19-22-25-28-29-30-31-32-33-34-35-36-37-38-39-40-41-42-43-44-45-47-49-52-55-58-61-64-67-73(76)79-70-71(69-78-72(75)66-63-60-57-54-51-48-27-24-21-18-15-12-9-6-3)80-74(77)68-65-62-59-56-53-50-46-26-23-20-17-14-11-8-5-2/h8,11,15,17-18,20,22,24-27,29-30,32-33,46,71H,4-7,9-10,12-14,16,19,21,23,28,31,34-45,47-70H2,1-3H3/b11-8-,18-15-,20-17-,25-22-,27-24-,30-29-,33-32-,46-26-. The molecule has 0 radical (unpaired) electrons. The molecule has 0 aliphatic heterocycles. The van der Waals surface area contributed by atoms with Gasteiger partial charge in [-0.25, -0.2) is 0 Å². The fraction of sp³-hybridized carbons (Fsp3) is 0.743. The van der Waals surface area contributed by atoms with E-state index in [0.29, 0.717) is 19.3 Å². The fourth-order valence-corrected chi connectivity index (χ4v) is 9.66. The number of hydrogen-bond acceptors (Lipinski definition) is 6. The highest BCUT2D eigenvalue weighted by Crippen LogP contribution is 2.17. The minimum absolute atomic E-state index is 0.0871. The summed E-state index contributed by atoms with van der Waals surface area (Å²) in [6.45, 7) is 6.48. The van der Waals surface area contributed by atoms with Crippen molar-refractivity contribution in [3.8, 4) is 0 Å². The Balaban J connectivity index is 4.17. The predicted molar refractivity (Wildman–Crippen MR) is 348 cm³/mol. The number of rotatable bonds is 62. The van der Waals surface area contributed by atoms with E-state index in [1.807, 2.05) is 0 Å². The third-order valence-electron chi connectivity index (χ3n) is 14.8. The van der Waals surface area contributed by atoms with Gasteiger partial charge in [0.2, 0.25) is 0 Å². The zero-order valence-corrected chi connectivity index (χ0v) is 52.8. The Hall–Kier alpha value is -3.67. The van der Waals surface area contributed by atoms with E-state index in [0.717, 1.165) is 135 Å². The SMILES string of the molecule is CC/C=C\C/C=C\C/C=C\CCCCCCCC(=O)OC(COC(=O)CCCCCCC/C=C\C/C=C\CCCC)COC(=O)CCCCCCCCCCCCCCCCCCCC/C=C\C/C=C\C/C=C\CCCCCCC. The van der Waals surface area contributed by atoms with Crippen LogP contribution in [0.1, 0.15) is 335 Å². The molecule has 0 aliphatic rings. The molecule has 6 nitrogen and oxygen atoms in total. The Morgan fingerprint density at radius 3 is 0.800 bits per heavy atom. The lowest BCUT2D eigenvalue weighted by Crippen LogP contribution is -2.30. The minimum Gasteiger partial charge on any atom is -0.462 e. The molecule has 6 heteroatoms. The van der Waals surface area contributed by atoms with E-state index in [2.05, 4.69) is 118 Å². The van der Waals surface area contributed by atoms with Crippen molar-refractivity contribution in [2.75, 3.05) is 13.2 Å². The Labute approximate surface area is 496 Å². The zero-order chi connectivity index (χ0) is 57.8. The Morgan fingerprint density at radius 2 is 0.500 bits per heavy atom. The van der Waals surface area contributed by atoms with Crippen LogP contribution >= 0.6 is 0 Å². The van der Waals surface area contributed by atoms with Crippen LogP contribution in [-0.2, 0) is 28.6 Å². The Bertz CT molecular complexity index is 1560. The average Bonchev–Trinajstić information content (AvgIpc) is 3.46. The molecule has 0 fully saturated rings. The van der Waals surface area contributed by atoms with Crippen molar-refractivity contribution in [1.29, 1.82) is 0 Å². The number of carbonyl (C=O) groups is 3. The molecule has 0 saturated carbocycles. The third kappa shape index (κ3) is 65.1. The number of ether oxygens (including phenoxy) is 3. The van der Waals surface area contributed by atoms with Gasteiger partial charge >= 0.3 is 17.9 Å². The lowest BCUT2D eigenvalue weighted by molar-refractivity contribution is -0.167. The first-order chi connectivity index (χ1) is 39.5. The summed E-state index contributed by atoms with van der Waals surface area (Å²) in [5, 5.41) is 0. The number of hydrogen-bond donors (Lipinski definition) is 0. The van der Waals surface area contributed by atoms with Crippen molar-refractivity contribution in [3.05, 3.63) is 97.2 Å². The molecule has 80 heavy (non-hydrogen) atoms. The molecule has 460 valence electrons. The number of carbonyl (C=O) groups excluding carboxylic acids is 3. The smallest absolute Gasteiger partial charge is 0.306 e. The zero-order valence-electron chi connectivity index (χ0n) is 52.8. The van der Waals surface area contributed by atoms with Gasteiger partial charge < -0.3 is 14.2 Å². The van der Waals surface area contributed by atoms with Crippen molar-refractivity contribution in [2.45, 2.75) is 341 Å². The Morgan fingerprint density at radius 1 is 0.263 bits per heavy atom. The van der Waals surface area contributed by atoms with E-state index in [-0.39, 0.29) is 31.1 Å². The number of esters is 3. The van der Waals surface area contributed by atoms with Gasteiger partial charge in [-0.05, 0) is 116 Å². The van der Waals surface area contributed by atoms with Crippen molar-refractivity contribution in [2.24, 2.45) is 0 Å². The van der Waals surface area contributed by atoms with Gasteiger partial charge in [-0.3, -0.25) is 14.4 Å². The highest BCUT2D eigenvalue weighted by atomic mass is 16.6. The second kappa shape index (κ2) is 67.8. The van der Waals surface area contributed by atoms with E-state index in [4.69, 9.17) is 14.2 Å². The van der Waals surface area contributed by atoms with Crippen LogP contribution in [0.25, 0.3) is 0 Å². The molecule has 0 spiro atoms. The molecular weight excluding hydrogens is 985 g/mol. The number of unbranched alkanes of at least 4 members (excludes halogenated alkanes) is 35. The first kappa shape index (κ1) is 76.3. The van der Waals surface area contributed by atoms with Gasteiger partial charge in [-0.1, -0.05) is 298 Å². The summed E-state index contributed by atoms with van der Waals surface area (Å²) in [6, 6.07) is 0. The van der Waals surface area contributed by atoms with Crippen molar-refractivity contribution in [1.82, 2.24) is 0 Å². The van der Waals surface area contributed by atoms with E-state index < -0.39 is 6.10 Å². The predicted octanol–water partition coefficient (Wildman–Crippen LogP) is 23.6. The maximum atomic E-state index is 12.9. The van der Waals surface area contributed by atoms with Gasteiger partial charge in [-0.2, -0.15) is 0 Å². The molecule has 0 aromatic heterocycles. The number of allylic oxidation sites excluding steroid dienone is 16. The summed E-state index contributed by atoms with van der Waals surface area (Å²) in [4.78, 5) is 38.3. The Kier molecular flexibility index (Phi) is 64.7. The first-order valence-corrected chi connectivity index (χ1v) is 34.2. The van der Waals surface area contributed by atoms with Crippen molar-refractivity contribution >= 4 is 17.9 Å². The minimum atomic E-state index is -0.793. The summed E-state index contributed by atoms with van der Waals surface area (Å²) in [5.41, 5.74) is 0. The van der Waals surface area contributed by atoms with Gasteiger partial charge in [-0.15, -0.1) is 0 Å². The molecule has 0 heterocycles. The topological polar surface area (TPSA) is 78.9 Å². The molecule has 0 aromatic carbocycles. The first-order valence-electron chi connectivity index (χ1n) is 34.2. The summed E-state index contributed by atoms with van der Waals surface area (Å²) in [7, 11) is 0. The fourth-order valence-electron chi connectivity index (χ4n) is 9.66. The van der Waals surface area contributed by atoms with Crippen LogP contribution in [0, 0.1) is 0 Å². The monoisotopic (exact) mass is 1110 g/mol. The highest BCUT2D eigenvalue weighted by Gasteiger charge is 2.19. The maximum Gasteiger partial charge on any atom is 0.306 e. The molecule has 1 unspecified atom stereocenters. The largest absolute Gasteiger partial charge is 0.462 e. The second-order valence-electron chi connectivity index (χ2n) is 22.7. The third-order valence-corrected chi connectivity index (χ3v) is 14.8. The van der Waals surface area contributed by atoms with E-state index >= 15 is 0 Å². The summed E-state index contributed by atoms with van der Waals surface area (Å²) >= 11 is 0. The van der Waals surface area contributed by atoms with Gasteiger partial charge in [0, 0.05) is 19.3 Å². The molecule has 0 rings (SSSR count). The molecular formula is C74H128O6. The normalized spacial score (nSPS) is 12.7. The average molecular weight is 1110 g/mol. The van der Waals surface area contributed by atoms with E-state index in [1.54, 1.807) is 0 Å². The summed E-state index contributed by atoms with van der Waals surface area (Å²) in [5.74, 6) is -0.907. The molecule has 0 bridgehead atoms. The molecule has 1 atom stereocenters. The van der Waals surface area contributed by atoms with Crippen LogP contribution in [0.2, 0.25) is 0 Å². The van der Waals surface area contributed by atoms with Crippen LogP contribution in [0.5, 0.6) is 0 Å². The van der Waals surface area contributed by atoms with Gasteiger partial charge in [0.25, 0.3) is 0 Å². The lowest BCUT2D eigenvalue weighted by Gasteiger charge is -2.18. The highest BCUT2D eigenvalue weighted by molar-refractivity contribution is 5.71.